The van der Waals surface area contributed by atoms with Gasteiger partial charge in [0.1, 0.15) is 11.0 Å². The molecule has 1 unspecified atom stereocenters. The minimum Gasteiger partial charge on any atom is -0.459 e. The molecule has 1 aliphatic carbocycles. The summed E-state index contributed by atoms with van der Waals surface area (Å²) in [5, 5.41) is 0. The summed E-state index contributed by atoms with van der Waals surface area (Å²) >= 11 is 0. The summed E-state index contributed by atoms with van der Waals surface area (Å²) in [6.45, 7) is 5.52. The molecular formula is C20H26O3. The van der Waals surface area contributed by atoms with Crippen LogP contribution in [0.1, 0.15) is 58.4 Å². The first-order chi connectivity index (χ1) is 10.8. The third kappa shape index (κ3) is 4.54. The molecular weight excluding hydrogens is 288 g/mol. The fraction of sp³-hybridized carbons (Fsp3) is 0.500. The highest BCUT2D eigenvalue weighted by atomic mass is 16.6. The molecule has 1 aliphatic rings. The molecule has 0 bridgehead atoms. The molecule has 0 amide bonds. The molecule has 124 valence electrons. The minimum atomic E-state index is -1.00. The van der Waals surface area contributed by atoms with Gasteiger partial charge in [-0.05, 0) is 45.6 Å². The largest absolute Gasteiger partial charge is 0.459 e. The van der Waals surface area contributed by atoms with Crippen LogP contribution in [0.2, 0.25) is 0 Å². The van der Waals surface area contributed by atoms with Crippen LogP contribution >= 0.6 is 0 Å². The molecule has 2 rings (SSSR count). The summed E-state index contributed by atoms with van der Waals surface area (Å²) in [4.78, 5) is 25.3. The number of hydrogen-bond acceptors (Lipinski definition) is 3. The highest BCUT2D eigenvalue weighted by molar-refractivity contribution is 6.04. The van der Waals surface area contributed by atoms with E-state index >= 15 is 0 Å². The Morgan fingerprint density at radius 2 is 1.91 bits per heavy atom. The van der Waals surface area contributed by atoms with Gasteiger partial charge in [0, 0.05) is 6.42 Å². The number of carbonyl (C=O) groups is 2. The zero-order valence-corrected chi connectivity index (χ0v) is 14.3. The van der Waals surface area contributed by atoms with Gasteiger partial charge < -0.3 is 4.74 Å². The Morgan fingerprint density at radius 1 is 1.22 bits per heavy atom. The number of rotatable bonds is 4. The van der Waals surface area contributed by atoms with Crippen LogP contribution < -0.4 is 0 Å². The SMILES string of the molecule is CC(C)(C)OC(=O)C1(CC=Cc2ccccc2)CCCCC1=O. The molecule has 0 saturated heterocycles. The van der Waals surface area contributed by atoms with Gasteiger partial charge in [-0.2, -0.15) is 0 Å². The van der Waals surface area contributed by atoms with Crippen LogP contribution in [0.25, 0.3) is 6.08 Å². The summed E-state index contributed by atoms with van der Waals surface area (Å²) in [6.07, 6.45) is 7.13. The van der Waals surface area contributed by atoms with Gasteiger partial charge in [-0.1, -0.05) is 48.9 Å². The minimum absolute atomic E-state index is 0.0238. The van der Waals surface area contributed by atoms with Crippen molar-refractivity contribution < 1.29 is 14.3 Å². The van der Waals surface area contributed by atoms with Crippen molar-refractivity contribution >= 4 is 17.8 Å². The van der Waals surface area contributed by atoms with E-state index in [1.165, 1.54) is 0 Å². The van der Waals surface area contributed by atoms with E-state index in [0.717, 1.165) is 18.4 Å². The van der Waals surface area contributed by atoms with Crippen molar-refractivity contribution in [2.24, 2.45) is 5.41 Å². The predicted octanol–water partition coefficient (Wildman–Crippen LogP) is 4.56. The van der Waals surface area contributed by atoms with Crippen LogP contribution in [0.4, 0.5) is 0 Å². The zero-order valence-electron chi connectivity index (χ0n) is 14.3. The molecule has 1 aromatic rings. The first kappa shape index (κ1) is 17.5. The average Bonchev–Trinajstić information content (AvgIpc) is 2.48. The van der Waals surface area contributed by atoms with Crippen molar-refractivity contribution in [3.63, 3.8) is 0 Å². The van der Waals surface area contributed by atoms with E-state index in [4.69, 9.17) is 4.74 Å². The normalized spacial score (nSPS) is 22.3. The van der Waals surface area contributed by atoms with E-state index in [2.05, 4.69) is 0 Å². The highest BCUT2D eigenvalue weighted by Crippen LogP contribution is 2.39. The van der Waals surface area contributed by atoms with Crippen LogP contribution in [-0.4, -0.2) is 17.4 Å². The topological polar surface area (TPSA) is 43.4 Å². The van der Waals surface area contributed by atoms with Gasteiger partial charge in [0.25, 0.3) is 0 Å². The Morgan fingerprint density at radius 3 is 2.52 bits per heavy atom. The Bertz CT molecular complexity index is 581. The molecule has 0 N–H and O–H groups in total. The third-order valence-electron chi connectivity index (χ3n) is 4.16. The third-order valence-corrected chi connectivity index (χ3v) is 4.16. The number of allylic oxidation sites excluding steroid dienone is 1. The Hall–Kier alpha value is -1.90. The molecule has 0 heterocycles. The number of ether oxygens (including phenoxy) is 1. The van der Waals surface area contributed by atoms with Crippen molar-refractivity contribution in [3.8, 4) is 0 Å². The monoisotopic (exact) mass is 314 g/mol. The number of benzene rings is 1. The summed E-state index contributed by atoms with van der Waals surface area (Å²) in [5.74, 6) is -0.344. The second-order valence-electron chi connectivity index (χ2n) is 7.23. The van der Waals surface area contributed by atoms with Crippen LogP contribution in [0.5, 0.6) is 0 Å². The van der Waals surface area contributed by atoms with Gasteiger partial charge >= 0.3 is 5.97 Å². The maximum absolute atomic E-state index is 12.7. The van der Waals surface area contributed by atoms with Crippen LogP contribution in [-0.2, 0) is 14.3 Å². The highest BCUT2D eigenvalue weighted by Gasteiger charge is 2.48. The average molecular weight is 314 g/mol. The number of carbonyl (C=O) groups excluding carboxylic acids is 2. The van der Waals surface area contributed by atoms with Gasteiger partial charge in [0.15, 0.2) is 5.78 Å². The molecule has 1 atom stereocenters. The van der Waals surface area contributed by atoms with Gasteiger partial charge in [-0.25, -0.2) is 0 Å². The van der Waals surface area contributed by atoms with E-state index in [9.17, 15) is 9.59 Å². The molecule has 1 fully saturated rings. The zero-order chi connectivity index (χ0) is 16.9. The van der Waals surface area contributed by atoms with Crippen molar-refractivity contribution in [1.29, 1.82) is 0 Å². The van der Waals surface area contributed by atoms with Crippen molar-refractivity contribution in [2.75, 3.05) is 0 Å². The van der Waals surface area contributed by atoms with Gasteiger partial charge in [-0.15, -0.1) is 0 Å². The second kappa shape index (κ2) is 7.12. The van der Waals surface area contributed by atoms with Crippen LogP contribution in [0.3, 0.4) is 0 Å². The van der Waals surface area contributed by atoms with E-state index < -0.39 is 11.0 Å². The lowest BCUT2D eigenvalue weighted by Crippen LogP contribution is -2.45. The van der Waals surface area contributed by atoms with Crippen LogP contribution in [0.15, 0.2) is 36.4 Å². The summed E-state index contributed by atoms with van der Waals surface area (Å²) in [6, 6.07) is 9.90. The fourth-order valence-corrected chi connectivity index (χ4v) is 2.94. The molecule has 23 heavy (non-hydrogen) atoms. The van der Waals surface area contributed by atoms with E-state index in [-0.39, 0.29) is 11.8 Å². The van der Waals surface area contributed by atoms with Crippen molar-refractivity contribution in [1.82, 2.24) is 0 Å². The maximum atomic E-state index is 12.7. The molecule has 3 nitrogen and oxygen atoms in total. The molecule has 1 aromatic carbocycles. The molecule has 0 spiro atoms. The number of esters is 1. The summed E-state index contributed by atoms with van der Waals surface area (Å²) < 4.78 is 5.56. The lowest BCUT2D eigenvalue weighted by molar-refractivity contribution is -0.172. The lowest BCUT2D eigenvalue weighted by atomic mass is 9.70. The van der Waals surface area contributed by atoms with Crippen LogP contribution in [0, 0.1) is 5.41 Å². The summed E-state index contributed by atoms with van der Waals surface area (Å²) in [7, 11) is 0. The van der Waals surface area contributed by atoms with E-state index in [1.54, 1.807) is 0 Å². The van der Waals surface area contributed by atoms with E-state index in [1.807, 2.05) is 63.3 Å². The maximum Gasteiger partial charge on any atom is 0.320 e. The van der Waals surface area contributed by atoms with Gasteiger partial charge in [0.2, 0.25) is 0 Å². The molecule has 1 saturated carbocycles. The summed E-state index contributed by atoms with van der Waals surface area (Å²) in [5.41, 5.74) is -0.517. The molecule has 0 aromatic heterocycles. The van der Waals surface area contributed by atoms with E-state index in [0.29, 0.717) is 19.3 Å². The second-order valence-corrected chi connectivity index (χ2v) is 7.23. The number of hydrogen-bond donors (Lipinski definition) is 0. The Balaban J connectivity index is 2.19. The Kier molecular flexibility index (Phi) is 5.40. The first-order valence-corrected chi connectivity index (χ1v) is 8.32. The smallest absolute Gasteiger partial charge is 0.320 e. The molecule has 3 heteroatoms. The van der Waals surface area contributed by atoms with Crippen molar-refractivity contribution in [3.05, 3.63) is 42.0 Å². The standard InChI is InChI=1S/C20H26O3/c1-19(2,3)23-18(22)20(14-8-7-13-17(20)21)15-9-12-16-10-5-4-6-11-16/h4-6,9-12H,7-8,13-15H2,1-3H3. The number of Topliss-reactive ketones (excluding diaryl/α,β-unsaturated/α-hetero) is 1. The molecule has 0 aliphatic heterocycles. The molecule has 0 radical (unpaired) electrons. The van der Waals surface area contributed by atoms with Gasteiger partial charge in [0.05, 0.1) is 0 Å². The lowest BCUT2D eigenvalue weighted by Gasteiger charge is -2.35. The number of ketones is 1. The first-order valence-electron chi connectivity index (χ1n) is 8.32. The van der Waals surface area contributed by atoms with Gasteiger partial charge in [-0.3, -0.25) is 9.59 Å². The predicted molar refractivity (Wildman–Crippen MR) is 91.8 cm³/mol. The van der Waals surface area contributed by atoms with Crippen molar-refractivity contribution in [2.45, 2.75) is 58.5 Å². The fourth-order valence-electron chi connectivity index (χ4n) is 2.94. The Labute approximate surface area is 138 Å². The quantitative estimate of drug-likeness (QED) is 0.604.